The van der Waals surface area contributed by atoms with E-state index in [1.807, 2.05) is 38.2 Å². The van der Waals surface area contributed by atoms with Crippen molar-refractivity contribution in [3.63, 3.8) is 0 Å². The number of hydrogen-bond acceptors (Lipinski definition) is 5. The van der Waals surface area contributed by atoms with Gasteiger partial charge in [-0.25, -0.2) is 0 Å². The van der Waals surface area contributed by atoms with Crippen LogP contribution in [0.3, 0.4) is 0 Å². The molecule has 0 atom stereocenters. The van der Waals surface area contributed by atoms with Crippen molar-refractivity contribution in [2.75, 3.05) is 31.6 Å². The molecule has 1 fully saturated rings. The van der Waals surface area contributed by atoms with Crippen LogP contribution in [0.15, 0.2) is 36.7 Å². The summed E-state index contributed by atoms with van der Waals surface area (Å²) in [5, 5.41) is 4.14. The molecular formula is C21H28ClN3O2. The average molecular weight is 390 g/mol. The monoisotopic (exact) mass is 389 g/mol. The van der Waals surface area contributed by atoms with E-state index in [-0.39, 0.29) is 0 Å². The summed E-state index contributed by atoms with van der Waals surface area (Å²) in [5.74, 6) is 1.40. The van der Waals surface area contributed by atoms with E-state index in [9.17, 15) is 0 Å². The zero-order chi connectivity index (χ0) is 19.1. The molecule has 1 N–H and O–H groups in total. The standard InChI is InChI=1S/C21H28ClN3O2/c1-3-26-19-12-16(13-20(21(19)22)27-4-2)15-25-10-7-17(8-11-25)24-18-6-5-9-23-14-18/h5-6,9,12-14,17,24H,3-4,7-8,10-11,15H2,1-2H3. The van der Waals surface area contributed by atoms with Crippen molar-refractivity contribution in [3.05, 3.63) is 47.2 Å². The van der Waals surface area contributed by atoms with Gasteiger partial charge in [-0.05, 0) is 56.5 Å². The first-order chi connectivity index (χ1) is 13.2. The number of pyridine rings is 1. The number of halogens is 1. The van der Waals surface area contributed by atoms with Gasteiger partial charge < -0.3 is 14.8 Å². The van der Waals surface area contributed by atoms with Crippen molar-refractivity contribution in [1.82, 2.24) is 9.88 Å². The minimum absolute atomic E-state index is 0.494. The van der Waals surface area contributed by atoms with Crippen LogP contribution in [0.1, 0.15) is 32.3 Å². The highest BCUT2D eigenvalue weighted by molar-refractivity contribution is 6.33. The summed E-state index contributed by atoms with van der Waals surface area (Å²) in [5.41, 5.74) is 2.27. The van der Waals surface area contributed by atoms with Gasteiger partial charge >= 0.3 is 0 Å². The molecule has 2 aromatic rings. The third-order valence-electron chi connectivity index (χ3n) is 4.69. The molecule has 0 aliphatic carbocycles. The van der Waals surface area contributed by atoms with Gasteiger partial charge in [-0.15, -0.1) is 0 Å². The van der Waals surface area contributed by atoms with E-state index in [4.69, 9.17) is 21.1 Å². The molecule has 146 valence electrons. The number of nitrogens with one attached hydrogen (secondary N) is 1. The summed E-state index contributed by atoms with van der Waals surface area (Å²) in [7, 11) is 0. The fraction of sp³-hybridized carbons (Fsp3) is 0.476. The SMILES string of the molecule is CCOc1cc(CN2CCC(Nc3cccnc3)CC2)cc(OCC)c1Cl. The lowest BCUT2D eigenvalue weighted by Crippen LogP contribution is -2.38. The number of nitrogens with zero attached hydrogens (tertiary/aromatic N) is 2. The second kappa shape index (κ2) is 9.81. The predicted molar refractivity (Wildman–Crippen MR) is 110 cm³/mol. The first-order valence-electron chi connectivity index (χ1n) is 9.66. The van der Waals surface area contributed by atoms with E-state index >= 15 is 0 Å². The van der Waals surface area contributed by atoms with Crippen LogP contribution in [0.25, 0.3) is 0 Å². The lowest BCUT2D eigenvalue weighted by Gasteiger charge is -2.33. The fourth-order valence-electron chi connectivity index (χ4n) is 3.42. The topological polar surface area (TPSA) is 46.6 Å². The molecule has 0 unspecified atom stereocenters. The molecule has 0 saturated carbocycles. The van der Waals surface area contributed by atoms with Crippen molar-refractivity contribution in [2.45, 2.75) is 39.3 Å². The molecule has 3 rings (SSSR count). The quantitative estimate of drug-likeness (QED) is 0.714. The number of benzene rings is 1. The Hall–Kier alpha value is -1.98. The third-order valence-corrected chi connectivity index (χ3v) is 5.06. The van der Waals surface area contributed by atoms with Crippen LogP contribution < -0.4 is 14.8 Å². The van der Waals surface area contributed by atoms with Gasteiger partial charge in [0.25, 0.3) is 0 Å². The number of aromatic nitrogens is 1. The van der Waals surface area contributed by atoms with Crippen LogP contribution >= 0.6 is 11.6 Å². The normalized spacial score (nSPS) is 15.5. The average Bonchev–Trinajstić information content (AvgIpc) is 2.68. The summed E-state index contributed by atoms with van der Waals surface area (Å²) in [6.45, 7) is 8.06. The Morgan fingerprint density at radius 3 is 2.37 bits per heavy atom. The molecule has 0 radical (unpaired) electrons. The Labute approximate surface area is 166 Å². The van der Waals surface area contributed by atoms with E-state index < -0.39 is 0 Å². The minimum Gasteiger partial charge on any atom is -0.492 e. The largest absolute Gasteiger partial charge is 0.492 e. The molecule has 0 amide bonds. The predicted octanol–water partition coefficient (Wildman–Crippen LogP) is 4.61. The summed E-state index contributed by atoms with van der Waals surface area (Å²) in [4.78, 5) is 6.64. The van der Waals surface area contributed by atoms with Crippen molar-refractivity contribution >= 4 is 17.3 Å². The second-order valence-electron chi connectivity index (χ2n) is 6.71. The van der Waals surface area contributed by atoms with Crippen molar-refractivity contribution in [2.24, 2.45) is 0 Å². The number of rotatable bonds is 8. The zero-order valence-electron chi connectivity index (χ0n) is 16.1. The van der Waals surface area contributed by atoms with Crippen LogP contribution in [0.4, 0.5) is 5.69 Å². The van der Waals surface area contributed by atoms with Gasteiger partial charge in [0.2, 0.25) is 0 Å². The molecule has 1 aromatic heterocycles. The van der Waals surface area contributed by atoms with E-state index in [0.717, 1.165) is 38.2 Å². The van der Waals surface area contributed by atoms with Gasteiger partial charge in [0.15, 0.2) is 0 Å². The lowest BCUT2D eigenvalue weighted by molar-refractivity contribution is 0.210. The summed E-state index contributed by atoms with van der Waals surface area (Å²) in [6, 6.07) is 8.60. The molecule has 0 bridgehead atoms. The molecule has 5 nitrogen and oxygen atoms in total. The van der Waals surface area contributed by atoms with Crippen molar-refractivity contribution < 1.29 is 9.47 Å². The second-order valence-corrected chi connectivity index (χ2v) is 7.09. The Morgan fingerprint density at radius 1 is 1.15 bits per heavy atom. The fourth-order valence-corrected chi connectivity index (χ4v) is 3.63. The van der Waals surface area contributed by atoms with Crippen LogP contribution in [0.5, 0.6) is 11.5 Å². The highest BCUT2D eigenvalue weighted by atomic mass is 35.5. The Balaban J connectivity index is 1.59. The molecule has 6 heteroatoms. The number of ether oxygens (including phenoxy) is 2. The summed E-state index contributed by atoms with van der Waals surface area (Å²) < 4.78 is 11.4. The van der Waals surface area contributed by atoms with E-state index in [1.54, 1.807) is 6.20 Å². The number of hydrogen-bond donors (Lipinski definition) is 1. The van der Waals surface area contributed by atoms with Crippen LogP contribution in [0, 0.1) is 0 Å². The first kappa shape index (κ1) is 19.8. The van der Waals surface area contributed by atoms with Crippen LogP contribution in [-0.2, 0) is 6.54 Å². The number of likely N-dealkylation sites (tertiary alicyclic amines) is 1. The molecule has 1 saturated heterocycles. The minimum atomic E-state index is 0.494. The van der Waals surface area contributed by atoms with Crippen molar-refractivity contribution in [3.8, 4) is 11.5 Å². The number of anilines is 1. The summed E-state index contributed by atoms with van der Waals surface area (Å²) in [6.07, 6.45) is 5.90. The van der Waals surface area contributed by atoms with Gasteiger partial charge in [0.05, 0.1) is 18.9 Å². The highest BCUT2D eigenvalue weighted by Gasteiger charge is 2.20. The zero-order valence-corrected chi connectivity index (χ0v) is 16.8. The molecule has 0 spiro atoms. The third kappa shape index (κ3) is 5.50. The molecule has 2 heterocycles. The highest BCUT2D eigenvalue weighted by Crippen LogP contribution is 2.36. The Bertz CT molecular complexity index is 692. The maximum atomic E-state index is 6.40. The van der Waals surface area contributed by atoms with Gasteiger partial charge in [0.1, 0.15) is 16.5 Å². The molecule has 1 aliphatic rings. The molecular weight excluding hydrogens is 362 g/mol. The molecule has 1 aliphatic heterocycles. The Kier molecular flexibility index (Phi) is 7.18. The van der Waals surface area contributed by atoms with Crippen LogP contribution in [0.2, 0.25) is 5.02 Å². The maximum Gasteiger partial charge on any atom is 0.141 e. The number of piperidine rings is 1. The van der Waals surface area contributed by atoms with Gasteiger partial charge in [0, 0.05) is 38.1 Å². The van der Waals surface area contributed by atoms with Gasteiger partial charge in [-0.1, -0.05) is 11.6 Å². The van der Waals surface area contributed by atoms with Gasteiger partial charge in [-0.3, -0.25) is 9.88 Å². The van der Waals surface area contributed by atoms with E-state index in [2.05, 4.69) is 21.3 Å². The Morgan fingerprint density at radius 2 is 1.81 bits per heavy atom. The molecule has 1 aromatic carbocycles. The van der Waals surface area contributed by atoms with Gasteiger partial charge in [-0.2, -0.15) is 0 Å². The van der Waals surface area contributed by atoms with Crippen molar-refractivity contribution in [1.29, 1.82) is 0 Å². The first-order valence-corrected chi connectivity index (χ1v) is 10.0. The summed E-state index contributed by atoms with van der Waals surface area (Å²) >= 11 is 6.40. The van der Waals surface area contributed by atoms with Crippen LogP contribution in [-0.4, -0.2) is 42.2 Å². The van der Waals surface area contributed by atoms with E-state index in [1.165, 1.54) is 5.56 Å². The maximum absolute atomic E-state index is 6.40. The molecule has 27 heavy (non-hydrogen) atoms. The van der Waals surface area contributed by atoms with E-state index in [0.29, 0.717) is 35.8 Å². The smallest absolute Gasteiger partial charge is 0.141 e. The lowest BCUT2D eigenvalue weighted by atomic mass is 10.0.